The first-order valence-electron chi connectivity index (χ1n) is 3.28. The first kappa shape index (κ1) is 14.0. The summed E-state index contributed by atoms with van der Waals surface area (Å²) in [5.74, 6) is -11.6. The third-order valence-electron chi connectivity index (χ3n) is 1.19. The lowest BCUT2D eigenvalue weighted by Gasteiger charge is -2.27. The molecule has 0 aliphatic rings. The molecule has 0 aromatic rings. The highest BCUT2D eigenvalue weighted by molar-refractivity contribution is 4.90. The molecule has 0 N–H and O–H groups in total. The third-order valence-corrected chi connectivity index (χ3v) is 1.19. The van der Waals surface area contributed by atoms with Gasteiger partial charge in [-0.25, -0.2) is 0 Å². The Morgan fingerprint density at radius 2 is 1.47 bits per heavy atom. The smallest absolute Gasteiger partial charge is 0.346 e. The number of alkyl halides is 7. The lowest BCUT2D eigenvalue weighted by atomic mass is 10.2. The average molecular weight is 242 g/mol. The fourth-order valence-corrected chi connectivity index (χ4v) is 0.454. The van der Waals surface area contributed by atoms with Crippen molar-refractivity contribution in [1.82, 2.24) is 0 Å². The van der Waals surface area contributed by atoms with Gasteiger partial charge in [-0.2, -0.15) is 35.6 Å². The lowest BCUT2D eigenvalue weighted by molar-refractivity contribution is -0.384. The van der Waals surface area contributed by atoms with Crippen LogP contribution in [0.5, 0.6) is 0 Å². The summed E-state index contributed by atoms with van der Waals surface area (Å²) in [7, 11) is 0. The Morgan fingerprint density at radius 3 is 1.80 bits per heavy atom. The van der Waals surface area contributed by atoms with Crippen molar-refractivity contribution in [2.24, 2.45) is 0 Å². The van der Waals surface area contributed by atoms with Gasteiger partial charge in [-0.1, -0.05) is 6.58 Å². The van der Waals surface area contributed by atoms with E-state index in [1.165, 1.54) is 0 Å². The topological polar surface area (TPSA) is 18.5 Å². The Morgan fingerprint density at radius 1 is 1.00 bits per heavy atom. The summed E-state index contributed by atoms with van der Waals surface area (Å²) in [6.45, 7) is 0.545. The number of hydrogen-bond acceptors (Lipinski definition) is 2. The van der Waals surface area contributed by atoms with Crippen molar-refractivity contribution < 1.29 is 40.5 Å². The summed E-state index contributed by atoms with van der Waals surface area (Å²) in [5.41, 5.74) is 0. The summed E-state index contributed by atoms with van der Waals surface area (Å²) < 4.78 is 83.3. The van der Waals surface area contributed by atoms with Gasteiger partial charge in [0.2, 0.25) is 0 Å². The standard InChI is InChI=1S/C6H5F7O2/c1-2-14-15-3-4(7,8)5(9,10)6(11,12)13/h2H,1,3H2. The molecule has 0 aromatic heterocycles. The van der Waals surface area contributed by atoms with Crippen LogP contribution in [0.2, 0.25) is 0 Å². The van der Waals surface area contributed by atoms with Gasteiger partial charge in [-0.05, 0) is 0 Å². The maximum Gasteiger partial charge on any atom is 0.459 e. The normalized spacial score (nSPS) is 13.8. The summed E-state index contributed by atoms with van der Waals surface area (Å²) in [4.78, 5) is 6.94. The van der Waals surface area contributed by atoms with Crippen LogP contribution in [0.25, 0.3) is 0 Å². The molecule has 90 valence electrons. The van der Waals surface area contributed by atoms with Crippen LogP contribution < -0.4 is 0 Å². The molecule has 9 heteroatoms. The molecular weight excluding hydrogens is 237 g/mol. The van der Waals surface area contributed by atoms with E-state index < -0.39 is 24.6 Å². The van der Waals surface area contributed by atoms with Crippen LogP contribution in [0.1, 0.15) is 0 Å². The fraction of sp³-hybridized carbons (Fsp3) is 0.667. The van der Waals surface area contributed by atoms with E-state index in [-0.39, 0.29) is 0 Å². The van der Waals surface area contributed by atoms with Gasteiger partial charge in [0.15, 0.2) is 6.61 Å². The summed E-state index contributed by atoms with van der Waals surface area (Å²) in [6.07, 6.45) is -5.92. The van der Waals surface area contributed by atoms with E-state index in [1.807, 2.05) is 0 Å². The molecule has 0 aromatic carbocycles. The van der Waals surface area contributed by atoms with Crippen LogP contribution in [0.4, 0.5) is 30.7 Å². The van der Waals surface area contributed by atoms with Crippen LogP contribution in [-0.2, 0) is 9.78 Å². The number of hydrogen-bond donors (Lipinski definition) is 0. The molecule has 0 saturated heterocycles. The highest BCUT2D eigenvalue weighted by Gasteiger charge is 2.73. The zero-order valence-corrected chi connectivity index (χ0v) is 6.95. The Balaban J connectivity index is 4.62. The van der Waals surface area contributed by atoms with Gasteiger partial charge in [0.1, 0.15) is 6.26 Å². The van der Waals surface area contributed by atoms with Gasteiger partial charge in [0, 0.05) is 0 Å². The quantitative estimate of drug-likeness (QED) is 0.242. The molecule has 0 fully saturated rings. The molecule has 0 unspecified atom stereocenters. The Bertz CT molecular complexity index is 222. The van der Waals surface area contributed by atoms with Crippen LogP contribution >= 0.6 is 0 Å². The molecule has 0 rings (SSSR count). The van der Waals surface area contributed by atoms with E-state index in [2.05, 4.69) is 16.4 Å². The molecule has 15 heavy (non-hydrogen) atoms. The van der Waals surface area contributed by atoms with Crippen LogP contribution in [0.3, 0.4) is 0 Å². The van der Waals surface area contributed by atoms with Gasteiger partial charge in [0.05, 0.1) is 0 Å². The van der Waals surface area contributed by atoms with Gasteiger partial charge in [-0.3, -0.25) is 0 Å². The van der Waals surface area contributed by atoms with Crippen molar-refractivity contribution in [3.8, 4) is 0 Å². The first-order chi connectivity index (χ1) is 6.56. The van der Waals surface area contributed by atoms with Gasteiger partial charge >= 0.3 is 18.0 Å². The summed E-state index contributed by atoms with van der Waals surface area (Å²) in [6, 6.07) is 0. The molecule has 0 radical (unpaired) electrons. The van der Waals surface area contributed by atoms with E-state index in [4.69, 9.17) is 0 Å². The third kappa shape index (κ3) is 2.98. The van der Waals surface area contributed by atoms with Crippen LogP contribution in [0, 0.1) is 0 Å². The predicted octanol–water partition coefficient (Wildman–Crippen LogP) is 2.91. The summed E-state index contributed by atoms with van der Waals surface area (Å²) in [5, 5.41) is 0. The Kier molecular flexibility index (Phi) is 3.97. The highest BCUT2D eigenvalue weighted by Crippen LogP contribution is 2.46. The monoisotopic (exact) mass is 242 g/mol. The zero-order chi connectivity index (χ0) is 12.3. The number of halogens is 7. The number of rotatable bonds is 5. The second-order valence-electron chi connectivity index (χ2n) is 2.30. The maximum atomic E-state index is 12.3. The van der Waals surface area contributed by atoms with Crippen molar-refractivity contribution in [2.75, 3.05) is 6.61 Å². The molecule has 2 nitrogen and oxygen atoms in total. The van der Waals surface area contributed by atoms with Crippen molar-refractivity contribution >= 4 is 0 Å². The van der Waals surface area contributed by atoms with Crippen LogP contribution in [-0.4, -0.2) is 24.6 Å². The SMILES string of the molecule is C=COOCC(F)(F)C(F)(F)C(F)(F)F. The molecular formula is C6H5F7O2. The molecule has 0 bridgehead atoms. The van der Waals surface area contributed by atoms with E-state index in [0.29, 0.717) is 6.26 Å². The van der Waals surface area contributed by atoms with E-state index >= 15 is 0 Å². The van der Waals surface area contributed by atoms with Gasteiger partial charge in [-0.15, -0.1) is 0 Å². The zero-order valence-electron chi connectivity index (χ0n) is 6.95. The highest BCUT2D eigenvalue weighted by atomic mass is 19.4. The van der Waals surface area contributed by atoms with Gasteiger partial charge in [0.25, 0.3) is 0 Å². The van der Waals surface area contributed by atoms with E-state index in [0.717, 1.165) is 0 Å². The van der Waals surface area contributed by atoms with Crippen molar-refractivity contribution in [3.05, 3.63) is 12.8 Å². The Hall–Kier alpha value is -0.990. The molecule has 0 spiro atoms. The van der Waals surface area contributed by atoms with Crippen molar-refractivity contribution in [3.63, 3.8) is 0 Å². The second-order valence-corrected chi connectivity index (χ2v) is 2.30. The molecule has 0 aliphatic heterocycles. The molecule has 0 amide bonds. The summed E-state index contributed by atoms with van der Waals surface area (Å²) >= 11 is 0. The largest absolute Gasteiger partial charge is 0.459 e. The average Bonchev–Trinajstić information content (AvgIpc) is 2.02. The molecule has 0 saturated carbocycles. The van der Waals surface area contributed by atoms with E-state index in [1.54, 1.807) is 0 Å². The predicted molar refractivity (Wildman–Crippen MR) is 33.2 cm³/mol. The minimum Gasteiger partial charge on any atom is -0.346 e. The minimum atomic E-state index is -6.37. The molecule has 0 heterocycles. The van der Waals surface area contributed by atoms with Gasteiger partial charge < -0.3 is 4.89 Å². The molecule has 0 atom stereocenters. The van der Waals surface area contributed by atoms with E-state index in [9.17, 15) is 30.7 Å². The Labute approximate surface area is 79.2 Å². The van der Waals surface area contributed by atoms with Crippen LogP contribution in [0.15, 0.2) is 12.8 Å². The first-order valence-corrected chi connectivity index (χ1v) is 3.28. The fourth-order valence-electron chi connectivity index (χ4n) is 0.454. The second kappa shape index (κ2) is 4.25. The lowest BCUT2D eigenvalue weighted by Crippen LogP contribution is -2.54. The van der Waals surface area contributed by atoms with Crippen molar-refractivity contribution in [1.29, 1.82) is 0 Å². The molecule has 0 aliphatic carbocycles. The minimum absolute atomic E-state index is 0.446. The van der Waals surface area contributed by atoms with Crippen molar-refractivity contribution in [2.45, 2.75) is 18.0 Å². The maximum absolute atomic E-state index is 12.3.